The highest BCUT2D eigenvalue weighted by Crippen LogP contribution is 2.24. The molecule has 25 heavy (non-hydrogen) atoms. The van der Waals surface area contributed by atoms with Crippen LogP contribution in [0.1, 0.15) is 5.56 Å². The number of nitrogens with zero attached hydrogens (tertiary/aromatic N) is 6. The van der Waals surface area contributed by atoms with Crippen LogP contribution in [0.5, 0.6) is 0 Å². The Balaban J connectivity index is 1.40. The van der Waals surface area contributed by atoms with E-state index in [0.717, 1.165) is 11.4 Å². The van der Waals surface area contributed by atoms with Gasteiger partial charge in [0.2, 0.25) is 5.91 Å². The molecule has 1 aliphatic heterocycles. The number of nitrogens with one attached hydrogen (secondary N) is 1. The number of amides is 1. The summed E-state index contributed by atoms with van der Waals surface area (Å²) in [6.07, 6.45) is 6.71. The average molecular weight is 335 g/mol. The monoisotopic (exact) mass is 335 g/mol. The standard InChI is InChI=1S/C17H17N7O/c1-12-4-2-5-18-16(12)22-17(25)13-9-23(10-13)14-8-15(20-11-19-14)24-7-3-6-21-24/h2-8,11,13H,9-10H2,1H3,(H,18,22,25). The van der Waals surface area contributed by atoms with Crippen LogP contribution in [0, 0.1) is 12.8 Å². The van der Waals surface area contributed by atoms with Crippen molar-refractivity contribution >= 4 is 17.5 Å². The van der Waals surface area contributed by atoms with Crippen molar-refractivity contribution in [3.05, 3.63) is 54.7 Å². The quantitative estimate of drug-likeness (QED) is 0.776. The van der Waals surface area contributed by atoms with E-state index < -0.39 is 0 Å². The first kappa shape index (κ1) is 15.3. The maximum atomic E-state index is 12.4. The van der Waals surface area contributed by atoms with Crippen LogP contribution in [0.2, 0.25) is 0 Å². The molecule has 1 aliphatic rings. The van der Waals surface area contributed by atoms with Crippen LogP contribution in [0.15, 0.2) is 49.2 Å². The number of rotatable bonds is 4. The molecule has 0 aliphatic carbocycles. The zero-order valence-electron chi connectivity index (χ0n) is 13.7. The molecule has 1 N–H and O–H groups in total. The Morgan fingerprint density at radius 1 is 1.16 bits per heavy atom. The first-order valence-electron chi connectivity index (χ1n) is 8.00. The molecule has 1 amide bonds. The first-order valence-corrected chi connectivity index (χ1v) is 8.00. The predicted octanol–water partition coefficient (Wildman–Crippen LogP) is 1.44. The van der Waals surface area contributed by atoms with Gasteiger partial charge in [0.1, 0.15) is 18.0 Å². The van der Waals surface area contributed by atoms with Crippen LogP contribution in [-0.2, 0) is 4.79 Å². The third-order valence-corrected chi connectivity index (χ3v) is 4.20. The molecule has 8 heteroatoms. The van der Waals surface area contributed by atoms with E-state index >= 15 is 0 Å². The van der Waals surface area contributed by atoms with Crippen LogP contribution in [0.25, 0.3) is 5.82 Å². The number of anilines is 2. The number of hydrogen-bond acceptors (Lipinski definition) is 6. The Bertz CT molecular complexity index is 888. The number of aryl methyl sites for hydroxylation is 1. The molecule has 4 heterocycles. The summed E-state index contributed by atoms with van der Waals surface area (Å²) < 4.78 is 1.68. The third-order valence-electron chi connectivity index (χ3n) is 4.20. The molecule has 3 aromatic rings. The van der Waals surface area contributed by atoms with Crippen LogP contribution < -0.4 is 10.2 Å². The van der Waals surface area contributed by atoms with Gasteiger partial charge in [-0.1, -0.05) is 6.07 Å². The van der Waals surface area contributed by atoms with E-state index in [1.807, 2.05) is 42.3 Å². The summed E-state index contributed by atoms with van der Waals surface area (Å²) in [5.74, 6) is 2.02. The van der Waals surface area contributed by atoms with Crippen LogP contribution in [-0.4, -0.2) is 43.7 Å². The Morgan fingerprint density at radius 3 is 2.76 bits per heavy atom. The third kappa shape index (κ3) is 3.06. The molecule has 126 valence electrons. The van der Waals surface area contributed by atoms with E-state index in [1.54, 1.807) is 17.1 Å². The predicted molar refractivity (Wildman–Crippen MR) is 92.5 cm³/mol. The second kappa shape index (κ2) is 6.31. The lowest BCUT2D eigenvalue weighted by molar-refractivity contribution is -0.120. The van der Waals surface area contributed by atoms with Crippen molar-refractivity contribution in [2.24, 2.45) is 5.92 Å². The Morgan fingerprint density at radius 2 is 2.00 bits per heavy atom. The fourth-order valence-corrected chi connectivity index (χ4v) is 2.71. The number of hydrogen-bond donors (Lipinski definition) is 1. The second-order valence-electron chi connectivity index (χ2n) is 5.95. The summed E-state index contributed by atoms with van der Waals surface area (Å²) in [5, 5.41) is 7.06. The van der Waals surface area contributed by atoms with Gasteiger partial charge in [-0.2, -0.15) is 5.10 Å². The van der Waals surface area contributed by atoms with E-state index in [1.165, 1.54) is 6.33 Å². The van der Waals surface area contributed by atoms with Crippen LogP contribution in [0.3, 0.4) is 0 Å². The maximum Gasteiger partial charge on any atom is 0.232 e. The number of carbonyl (C=O) groups is 1. The van der Waals surface area contributed by atoms with Crippen molar-refractivity contribution in [1.82, 2.24) is 24.7 Å². The largest absolute Gasteiger partial charge is 0.355 e. The molecule has 0 saturated carbocycles. The fraction of sp³-hybridized carbons (Fsp3) is 0.235. The fourth-order valence-electron chi connectivity index (χ4n) is 2.71. The van der Waals surface area contributed by atoms with Gasteiger partial charge in [0.25, 0.3) is 0 Å². The Labute approximate surface area is 144 Å². The van der Waals surface area contributed by atoms with Crippen molar-refractivity contribution in [3.63, 3.8) is 0 Å². The molecule has 0 atom stereocenters. The van der Waals surface area contributed by atoms with Gasteiger partial charge in [-0.05, 0) is 24.6 Å². The van der Waals surface area contributed by atoms with E-state index in [0.29, 0.717) is 24.7 Å². The van der Waals surface area contributed by atoms with Gasteiger partial charge < -0.3 is 10.2 Å². The smallest absolute Gasteiger partial charge is 0.232 e. The Kier molecular flexibility index (Phi) is 3.85. The maximum absolute atomic E-state index is 12.4. The van der Waals surface area contributed by atoms with Gasteiger partial charge in [-0.15, -0.1) is 0 Å². The zero-order chi connectivity index (χ0) is 17.2. The molecule has 8 nitrogen and oxygen atoms in total. The minimum absolute atomic E-state index is 0.0144. The molecule has 4 rings (SSSR count). The summed E-state index contributed by atoms with van der Waals surface area (Å²) in [4.78, 5) is 27.1. The van der Waals surface area contributed by atoms with Gasteiger partial charge in [-0.3, -0.25) is 4.79 Å². The SMILES string of the molecule is Cc1cccnc1NC(=O)C1CN(c2cc(-n3cccn3)ncn2)C1. The normalized spacial score (nSPS) is 14.2. The lowest BCUT2D eigenvalue weighted by atomic mass is 9.99. The van der Waals surface area contributed by atoms with E-state index in [-0.39, 0.29) is 11.8 Å². The summed E-state index contributed by atoms with van der Waals surface area (Å²) in [6, 6.07) is 7.48. The van der Waals surface area contributed by atoms with Gasteiger partial charge >= 0.3 is 0 Å². The molecule has 0 radical (unpaired) electrons. The zero-order valence-corrected chi connectivity index (χ0v) is 13.7. The van der Waals surface area contributed by atoms with Gasteiger partial charge in [0, 0.05) is 37.7 Å². The lowest BCUT2D eigenvalue weighted by Crippen LogP contribution is -2.52. The van der Waals surface area contributed by atoms with Gasteiger partial charge in [-0.25, -0.2) is 19.6 Å². The highest BCUT2D eigenvalue weighted by Gasteiger charge is 2.34. The average Bonchev–Trinajstić information content (AvgIpc) is 3.10. The molecule has 0 bridgehead atoms. The van der Waals surface area contributed by atoms with Crippen molar-refractivity contribution in [1.29, 1.82) is 0 Å². The van der Waals surface area contributed by atoms with Crippen LogP contribution in [0.4, 0.5) is 11.6 Å². The molecular formula is C17H17N7O. The topological polar surface area (TPSA) is 88.8 Å². The Hall–Kier alpha value is -3.29. The summed E-state index contributed by atoms with van der Waals surface area (Å²) in [7, 11) is 0. The number of pyridine rings is 1. The summed E-state index contributed by atoms with van der Waals surface area (Å²) in [5.41, 5.74) is 0.951. The van der Waals surface area contributed by atoms with E-state index in [9.17, 15) is 4.79 Å². The lowest BCUT2D eigenvalue weighted by Gasteiger charge is -2.39. The number of aromatic nitrogens is 5. The van der Waals surface area contributed by atoms with Gasteiger partial charge in [0.05, 0.1) is 5.92 Å². The minimum Gasteiger partial charge on any atom is -0.355 e. The molecule has 3 aromatic heterocycles. The van der Waals surface area contributed by atoms with Crippen LogP contribution >= 0.6 is 0 Å². The number of carbonyl (C=O) groups excluding carboxylic acids is 1. The molecule has 1 fully saturated rings. The molecular weight excluding hydrogens is 318 g/mol. The van der Waals surface area contributed by atoms with Gasteiger partial charge in [0.15, 0.2) is 5.82 Å². The summed E-state index contributed by atoms with van der Waals surface area (Å²) >= 11 is 0. The van der Waals surface area contributed by atoms with Crippen molar-refractivity contribution in [2.75, 3.05) is 23.3 Å². The van der Waals surface area contributed by atoms with Crippen molar-refractivity contribution < 1.29 is 4.79 Å². The molecule has 0 spiro atoms. The second-order valence-corrected chi connectivity index (χ2v) is 5.95. The molecule has 0 unspecified atom stereocenters. The van der Waals surface area contributed by atoms with Crippen molar-refractivity contribution in [2.45, 2.75) is 6.92 Å². The summed E-state index contributed by atoms with van der Waals surface area (Å²) in [6.45, 7) is 3.16. The molecule has 0 aromatic carbocycles. The van der Waals surface area contributed by atoms with Crippen molar-refractivity contribution in [3.8, 4) is 5.82 Å². The highest BCUT2D eigenvalue weighted by molar-refractivity contribution is 5.94. The molecule has 1 saturated heterocycles. The first-order chi connectivity index (χ1) is 12.2. The minimum atomic E-state index is -0.0791. The van der Waals surface area contributed by atoms with E-state index in [2.05, 4.69) is 25.4 Å². The highest BCUT2D eigenvalue weighted by atomic mass is 16.2. The van der Waals surface area contributed by atoms with E-state index in [4.69, 9.17) is 0 Å².